The second-order valence-corrected chi connectivity index (χ2v) is 14.1. The van der Waals surface area contributed by atoms with Crippen LogP contribution in [0.5, 0.6) is 0 Å². The maximum Gasteiger partial charge on any atom is 0.296 e. The number of fused-ring (bicyclic) bond motifs is 2. The minimum Gasteiger partial charge on any atom is -0.282 e. The van der Waals surface area contributed by atoms with Crippen LogP contribution in [0.25, 0.3) is 41.6 Å². The summed E-state index contributed by atoms with van der Waals surface area (Å²) in [6.45, 7) is 3.25. The predicted molar refractivity (Wildman–Crippen MR) is 163 cm³/mol. The normalized spacial score (nSPS) is 12.6. The first-order valence-corrected chi connectivity index (χ1v) is 16.8. The molecule has 42 heavy (non-hydrogen) atoms. The Bertz CT molecular complexity index is 2090. The highest BCUT2D eigenvalue weighted by Crippen LogP contribution is 2.38. The van der Waals surface area contributed by atoms with E-state index in [4.69, 9.17) is 0 Å². The molecule has 0 saturated carbocycles. The second-order valence-electron chi connectivity index (χ2n) is 9.40. The zero-order chi connectivity index (χ0) is 29.8. The molecule has 0 bridgehead atoms. The lowest BCUT2D eigenvalue weighted by molar-refractivity contribution is 0.481. The van der Waals surface area contributed by atoms with Crippen LogP contribution in [0.3, 0.4) is 0 Å². The van der Waals surface area contributed by atoms with Crippen molar-refractivity contribution in [1.82, 2.24) is 9.97 Å². The number of rotatable bonds is 6. The fourth-order valence-electron chi connectivity index (χ4n) is 4.48. The Labute approximate surface area is 248 Å². The quantitative estimate of drug-likeness (QED) is 0.139. The molecule has 2 heterocycles. The summed E-state index contributed by atoms with van der Waals surface area (Å²) in [5, 5.41) is 9.78. The van der Waals surface area contributed by atoms with Gasteiger partial charge < -0.3 is 0 Å². The third-order valence-corrected chi connectivity index (χ3v) is 11.1. The lowest BCUT2D eigenvalue weighted by Crippen LogP contribution is -2.00. The van der Waals surface area contributed by atoms with Crippen molar-refractivity contribution in [3.05, 3.63) is 83.9 Å². The van der Waals surface area contributed by atoms with Crippen molar-refractivity contribution in [3.8, 4) is 21.1 Å². The van der Waals surface area contributed by atoms with Crippen LogP contribution in [0.4, 0.5) is 11.4 Å². The topological polar surface area (TPSA) is 159 Å². The Hall–Kier alpha value is -3.92. The highest BCUT2D eigenvalue weighted by atomic mass is 32.2. The molecule has 0 aliphatic rings. The van der Waals surface area contributed by atoms with Gasteiger partial charge in [0.15, 0.2) is 0 Å². The average Bonchev–Trinajstić information content (AvgIpc) is 3.55. The maximum absolute atomic E-state index is 11.9. The number of nitrogens with zero attached hydrogens (tertiary/aromatic N) is 4. The summed E-state index contributed by atoms with van der Waals surface area (Å²) < 4.78 is 67.8. The van der Waals surface area contributed by atoms with Crippen molar-refractivity contribution in [2.75, 3.05) is 0 Å². The minimum absolute atomic E-state index is 0.124. The summed E-state index contributed by atoms with van der Waals surface area (Å²) in [4.78, 5) is 8.82. The van der Waals surface area contributed by atoms with Crippen LogP contribution in [0, 0.1) is 13.8 Å². The van der Waals surface area contributed by atoms with E-state index in [1.807, 2.05) is 24.3 Å². The fourth-order valence-corrected chi connectivity index (χ4v) is 9.11. The molecular formula is C28H20N4O6S4. The number of aromatic nitrogens is 2. The molecule has 0 unspecified atom stereocenters. The molecule has 4 aromatic carbocycles. The first-order valence-electron chi connectivity index (χ1n) is 12.3. The van der Waals surface area contributed by atoms with Crippen molar-refractivity contribution in [2.45, 2.75) is 23.6 Å². The monoisotopic (exact) mass is 636 g/mol. The first-order chi connectivity index (χ1) is 19.9. The van der Waals surface area contributed by atoms with Gasteiger partial charge in [-0.25, -0.2) is 9.97 Å². The Kier molecular flexibility index (Phi) is 7.00. The number of hydrogen-bond donors (Lipinski definition) is 2. The lowest BCUT2D eigenvalue weighted by atomic mass is 10.2. The van der Waals surface area contributed by atoms with Crippen LogP contribution in [-0.4, -0.2) is 35.9 Å². The van der Waals surface area contributed by atoms with Gasteiger partial charge in [-0.2, -0.15) is 27.1 Å². The van der Waals surface area contributed by atoms with E-state index in [0.29, 0.717) is 53.0 Å². The van der Waals surface area contributed by atoms with E-state index in [1.54, 1.807) is 62.4 Å². The van der Waals surface area contributed by atoms with Gasteiger partial charge >= 0.3 is 0 Å². The van der Waals surface area contributed by atoms with E-state index in [2.05, 4.69) is 20.2 Å². The van der Waals surface area contributed by atoms with E-state index in [0.717, 1.165) is 11.1 Å². The molecule has 6 aromatic rings. The molecule has 2 aromatic heterocycles. The van der Waals surface area contributed by atoms with Crippen LogP contribution in [0.15, 0.2) is 92.8 Å². The van der Waals surface area contributed by atoms with Gasteiger partial charge in [0.25, 0.3) is 20.2 Å². The van der Waals surface area contributed by atoms with Crippen LogP contribution in [-0.2, 0) is 20.2 Å². The van der Waals surface area contributed by atoms with Gasteiger partial charge in [-0.1, -0.05) is 12.1 Å². The van der Waals surface area contributed by atoms with Gasteiger partial charge in [0.05, 0.1) is 31.8 Å². The van der Waals surface area contributed by atoms with E-state index in [-0.39, 0.29) is 9.79 Å². The van der Waals surface area contributed by atoms with Gasteiger partial charge in [0.1, 0.15) is 19.8 Å². The van der Waals surface area contributed by atoms with Crippen LogP contribution in [0.2, 0.25) is 0 Å². The van der Waals surface area contributed by atoms with Gasteiger partial charge in [-0.05, 0) is 85.6 Å². The van der Waals surface area contributed by atoms with Gasteiger partial charge in [-0.3, -0.25) is 9.11 Å². The molecule has 0 saturated heterocycles. The summed E-state index contributed by atoms with van der Waals surface area (Å²) in [6, 6.07) is 21.0. The molecule has 14 heteroatoms. The summed E-state index contributed by atoms with van der Waals surface area (Å²) in [6.07, 6.45) is 0. The highest BCUT2D eigenvalue weighted by molar-refractivity contribution is 7.86. The van der Waals surface area contributed by atoms with Crippen molar-refractivity contribution in [2.24, 2.45) is 10.2 Å². The third-order valence-electron chi connectivity index (χ3n) is 6.44. The number of hydrogen-bond acceptors (Lipinski definition) is 10. The van der Waals surface area contributed by atoms with Gasteiger partial charge in [0.2, 0.25) is 0 Å². The van der Waals surface area contributed by atoms with Gasteiger partial charge in [-0.15, -0.1) is 22.7 Å². The maximum atomic E-state index is 11.9. The van der Waals surface area contributed by atoms with E-state index < -0.39 is 20.2 Å². The van der Waals surface area contributed by atoms with Crippen LogP contribution in [0.1, 0.15) is 11.1 Å². The zero-order valence-electron chi connectivity index (χ0n) is 21.9. The second kappa shape index (κ2) is 10.4. The molecule has 0 amide bonds. The SMILES string of the molecule is Cc1ccc2nc(-c3ccc(N=Nc4ccc(-c5nc6ccc(C)c(S(=O)(=O)O)c6s5)cc4)cc3)sc2c1S(=O)(=O)O. The molecule has 0 spiro atoms. The van der Waals surface area contributed by atoms with Crippen molar-refractivity contribution in [3.63, 3.8) is 0 Å². The van der Waals surface area contributed by atoms with Crippen molar-refractivity contribution in [1.29, 1.82) is 0 Å². The summed E-state index contributed by atoms with van der Waals surface area (Å²) in [5.41, 5.74) is 4.59. The molecule has 0 aliphatic carbocycles. The number of aryl methyl sites for hydroxylation is 2. The fraction of sp³-hybridized carbons (Fsp3) is 0.0714. The number of thiazole rings is 2. The molecule has 0 aliphatic heterocycles. The minimum atomic E-state index is -4.39. The summed E-state index contributed by atoms with van der Waals surface area (Å²) in [7, 11) is -8.79. The highest BCUT2D eigenvalue weighted by Gasteiger charge is 2.22. The summed E-state index contributed by atoms with van der Waals surface area (Å²) >= 11 is 2.37. The number of benzene rings is 4. The smallest absolute Gasteiger partial charge is 0.282 e. The molecule has 2 N–H and O–H groups in total. The standard InChI is InChI=1S/C28H20N4O6S4/c1-15-3-13-21-23(25(15)41(33,34)35)39-27(29-21)17-5-9-19(10-6-17)31-32-20-11-7-18(8-12-20)28-30-22-14-4-16(2)26(24(22)40-28)42(36,37)38/h3-14H,1-2H3,(H,33,34,35)(H,36,37,38). The largest absolute Gasteiger partial charge is 0.296 e. The van der Waals surface area contributed by atoms with E-state index >= 15 is 0 Å². The Balaban J connectivity index is 1.22. The molecule has 6 rings (SSSR count). The number of azo groups is 1. The summed E-state index contributed by atoms with van der Waals surface area (Å²) in [5.74, 6) is 0. The molecule has 0 atom stereocenters. The Morgan fingerprint density at radius 2 is 0.929 bits per heavy atom. The first kappa shape index (κ1) is 28.2. The van der Waals surface area contributed by atoms with Crippen LogP contribution >= 0.6 is 22.7 Å². The van der Waals surface area contributed by atoms with Crippen molar-refractivity contribution >= 4 is 74.7 Å². The molecule has 0 fully saturated rings. The Morgan fingerprint density at radius 3 is 1.26 bits per heavy atom. The van der Waals surface area contributed by atoms with E-state index in [1.165, 1.54) is 22.7 Å². The van der Waals surface area contributed by atoms with Crippen molar-refractivity contribution < 1.29 is 25.9 Å². The molecular weight excluding hydrogens is 617 g/mol. The zero-order valence-corrected chi connectivity index (χ0v) is 25.1. The lowest BCUT2D eigenvalue weighted by Gasteiger charge is -2.02. The average molecular weight is 637 g/mol. The molecule has 212 valence electrons. The predicted octanol–water partition coefficient (Wildman–Crippen LogP) is 7.77. The Morgan fingerprint density at radius 1 is 0.571 bits per heavy atom. The van der Waals surface area contributed by atoms with Crippen LogP contribution < -0.4 is 0 Å². The van der Waals surface area contributed by atoms with Gasteiger partial charge in [0, 0.05) is 11.1 Å². The molecule has 10 nitrogen and oxygen atoms in total. The molecule has 0 radical (unpaired) electrons. The van der Waals surface area contributed by atoms with E-state index in [9.17, 15) is 25.9 Å². The third kappa shape index (κ3) is 5.35.